The zero-order valence-electron chi connectivity index (χ0n) is 12.8. The number of esters is 1. The second-order valence-corrected chi connectivity index (χ2v) is 7.43. The van der Waals surface area contributed by atoms with Crippen molar-refractivity contribution in [1.29, 1.82) is 0 Å². The van der Waals surface area contributed by atoms with Crippen LogP contribution in [-0.4, -0.2) is 30.9 Å². The van der Waals surface area contributed by atoms with Crippen molar-refractivity contribution in [2.24, 2.45) is 0 Å². The molecule has 0 spiro atoms. The molecule has 4 rings (SSSR count). The molecule has 1 fully saturated rings. The van der Waals surface area contributed by atoms with Crippen LogP contribution in [0.2, 0.25) is 0 Å². The second-order valence-electron chi connectivity index (χ2n) is 5.65. The number of hydrogen-bond acceptors (Lipinski definition) is 5. The van der Waals surface area contributed by atoms with Gasteiger partial charge in [0.15, 0.2) is 5.54 Å². The Morgan fingerprint density at radius 3 is 2.71 bits per heavy atom. The van der Waals surface area contributed by atoms with E-state index in [1.807, 2.05) is 0 Å². The smallest absolute Gasteiger partial charge is 0.339 e. The summed E-state index contributed by atoms with van der Waals surface area (Å²) in [6.45, 7) is 1.80. The number of anilines is 1. The van der Waals surface area contributed by atoms with Crippen molar-refractivity contribution < 1.29 is 22.7 Å². The number of benzene rings is 1. The molecule has 0 bridgehead atoms. The van der Waals surface area contributed by atoms with Gasteiger partial charge >= 0.3 is 5.97 Å². The molecule has 0 saturated carbocycles. The number of β-lactam (4-membered cyclic amide) rings is 1. The Balaban J connectivity index is 2.10. The third kappa shape index (κ3) is 1.58. The van der Waals surface area contributed by atoms with E-state index in [1.165, 1.54) is 23.2 Å². The summed E-state index contributed by atoms with van der Waals surface area (Å²) < 4.78 is 32.2. The van der Waals surface area contributed by atoms with Crippen molar-refractivity contribution in [1.82, 2.24) is 3.97 Å². The summed E-state index contributed by atoms with van der Waals surface area (Å²) >= 11 is 0. The second kappa shape index (κ2) is 4.70. The van der Waals surface area contributed by atoms with E-state index in [2.05, 4.69) is 0 Å². The molecule has 2 aliphatic rings. The maximum absolute atomic E-state index is 13.0. The summed E-state index contributed by atoms with van der Waals surface area (Å²) in [7, 11) is -3.92. The highest BCUT2D eigenvalue weighted by molar-refractivity contribution is 7.90. The monoisotopic (exact) mass is 346 g/mol. The average molecular weight is 346 g/mol. The van der Waals surface area contributed by atoms with Gasteiger partial charge in [-0.15, -0.1) is 0 Å². The molecule has 1 amide bonds. The fourth-order valence-electron chi connectivity index (χ4n) is 3.42. The largest absolute Gasteiger partial charge is 0.464 e. The minimum absolute atomic E-state index is 0.0123. The van der Waals surface area contributed by atoms with Crippen LogP contribution >= 0.6 is 0 Å². The summed E-state index contributed by atoms with van der Waals surface area (Å²) in [6, 6.07) is 9.27. The Labute approximate surface area is 138 Å². The number of nitrogens with zero attached hydrogens (tertiary/aromatic N) is 2. The van der Waals surface area contributed by atoms with Crippen molar-refractivity contribution in [2.75, 3.05) is 11.5 Å². The Hall–Kier alpha value is -2.61. The van der Waals surface area contributed by atoms with E-state index in [1.54, 1.807) is 31.2 Å². The number of ether oxygens (including phenoxy) is 1. The molecule has 1 aromatic carbocycles. The number of fused-ring (bicyclic) bond motifs is 5. The standard InChI is InChI=1S/C16H14N2O5S/c1-2-23-15(20)16-10-14(19)18(16)11-6-3-4-7-12(11)24(21,22)17-9-5-8-13(16)17/h3-9H,2,10H2,1H3. The number of aromatic nitrogens is 1. The van der Waals surface area contributed by atoms with Crippen LogP contribution in [0.15, 0.2) is 47.5 Å². The molecule has 1 atom stereocenters. The highest BCUT2D eigenvalue weighted by Crippen LogP contribution is 2.50. The lowest BCUT2D eigenvalue weighted by Crippen LogP contribution is -2.66. The van der Waals surface area contributed by atoms with E-state index >= 15 is 0 Å². The lowest BCUT2D eigenvalue weighted by atomic mass is 9.80. The summed E-state index contributed by atoms with van der Waals surface area (Å²) in [4.78, 5) is 26.3. The molecule has 24 heavy (non-hydrogen) atoms. The van der Waals surface area contributed by atoms with Gasteiger partial charge in [0.25, 0.3) is 10.0 Å². The lowest BCUT2D eigenvalue weighted by Gasteiger charge is -2.48. The van der Waals surface area contributed by atoms with Crippen LogP contribution < -0.4 is 4.90 Å². The zero-order chi connectivity index (χ0) is 17.1. The van der Waals surface area contributed by atoms with E-state index in [-0.39, 0.29) is 35.2 Å². The molecule has 0 N–H and O–H groups in total. The number of para-hydroxylation sites is 1. The van der Waals surface area contributed by atoms with Crippen LogP contribution in [0.3, 0.4) is 0 Å². The first-order valence-electron chi connectivity index (χ1n) is 7.47. The molecule has 7 nitrogen and oxygen atoms in total. The number of carbonyl (C=O) groups is 2. The number of rotatable bonds is 2. The molecular formula is C16H14N2O5S. The van der Waals surface area contributed by atoms with Crippen molar-refractivity contribution in [3.8, 4) is 0 Å². The average Bonchev–Trinajstić information content (AvgIpc) is 3.01. The van der Waals surface area contributed by atoms with Gasteiger partial charge in [-0.05, 0) is 31.2 Å². The van der Waals surface area contributed by atoms with Gasteiger partial charge in [0, 0.05) is 6.20 Å². The first kappa shape index (κ1) is 14.9. The predicted molar refractivity (Wildman–Crippen MR) is 83.9 cm³/mol. The predicted octanol–water partition coefficient (Wildman–Crippen LogP) is 1.23. The van der Waals surface area contributed by atoms with Crippen molar-refractivity contribution in [2.45, 2.75) is 23.8 Å². The number of amides is 1. The van der Waals surface area contributed by atoms with Crippen molar-refractivity contribution in [3.05, 3.63) is 48.3 Å². The molecule has 2 aromatic rings. The van der Waals surface area contributed by atoms with Gasteiger partial charge in [0.1, 0.15) is 4.90 Å². The topological polar surface area (TPSA) is 85.7 Å². The molecule has 124 valence electrons. The highest BCUT2D eigenvalue weighted by atomic mass is 32.2. The van der Waals surface area contributed by atoms with E-state index in [0.717, 1.165) is 3.97 Å². The maximum atomic E-state index is 13.0. The minimum Gasteiger partial charge on any atom is -0.464 e. The summed E-state index contributed by atoms with van der Waals surface area (Å²) in [6.07, 6.45) is 1.26. The van der Waals surface area contributed by atoms with Crippen molar-refractivity contribution in [3.63, 3.8) is 0 Å². The van der Waals surface area contributed by atoms with Gasteiger partial charge in [-0.1, -0.05) is 12.1 Å². The molecule has 3 heterocycles. The number of hydrogen-bond donors (Lipinski definition) is 0. The van der Waals surface area contributed by atoms with Gasteiger partial charge in [0.05, 0.1) is 24.4 Å². The van der Waals surface area contributed by atoms with E-state index < -0.39 is 21.5 Å². The van der Waals surface area contributed by atoms with Crippen LogP contribution in [0, 0.1) is 0 Å². The minimum atomic E-state index is -3.92. The molecule has 1 aromatic heterocycles. The molecule has 8 heteroatoms. The third-order valence-electron chi connectivity index (χ3n) is 4.43. The SMILES string of the molecule is CCOC(=O)C12CC(=O)N1c1ccccc1S(=O)(=O)n1cccc12. The summed E-state index contributed by atoms with van der Waals surface area (Å²) in [5.41, 5.74) is -1.03. The fraction of sp³-hybridized carbons (Fsp3) is 0.250. The van der Waals surface area contributed by atoms with E-state index in [9.17, 15) is 18.0 Å². The molecule has 0 radical (unpaired) electrons. The Kier molecular flexibility index (Phi) is 2.93. The molecule has 1 saturated heterocycles. The maximum Gasteiger partial charge on any atom is 0.339 e. The van der Waals surface area contributed by atoms with Crippen LogP contribution in [0.5, 0.6) is 0 Å². The first-order chi connectivity index (χ1) is 11.4. The van der Waals surface area contributed by atoms with Crippen LogP contribution in [0.25, 0.3) is 0 Å². The molecule has 0 aliphatic carbocycles. The van der Waals surface area contributed by atoms with Gasteiger partial charge in [-0.2, -0.15) is 0 Å². The van der Waals surface area contributed by atoms with Gasteiger partial charge < -0.3 is 4.74 Å². The van der Waals surface area contributed by atoms with Gasteiger partial charge in [-0.25, -0.2) is 17.2 Å². The number of carbonyl (C=O) groups excluding carboxylic acids is 2. The van der Waals surface area contributed by atoms with Gasteiger partial charge in [-0.3, -0.25) is 9.69 Å². The Morgan fingerprint density at radius 2 is 2.00 bits per heavy atom. The van der Waals surface area contributed by atoms with Gasteiger partial charge in [0.2, 0.25) is 5.91 Å². The quantitative estimate of drug-likeness (QED) is 0.603. The highest BCUT2D eigenvalue weighted by Gasteiger charge is 2.63. The zero-order valence-corrected chi connectivity index (χ0v) is 13.6. The Morgan fingerprint density at radius 1 is 1.25 bits per heavy atom. The fourth-order valence-corrected chi connectivity index (χ4v) is 5.01. The van der Waals surface area contributed by atoms with Crippen molar-refractivity contribution >= 4 is 27.6 Å². The molecule has 2 aliphatic heterocycles. The third-order valence-corrected chi connectivity index (χ3v) is 6.17. The van der Waals surface area contributed by atoms with E-state index in [4.69, 9.17) is 4.74 Å². The normalized spacial score (nSPS) is 23.4. The van der Waals surface area contributed by atoms with Crippen LogP contribution in [-0.2, 0) is 29.9 Å². The van der Waals surface area contributed by atoms with Crippen LogP contribution in [0.1, 0.15) is 19.0 Å². The molecular weight excluding hydrogens is 332 g/mol. The van der Waals surface area contributed by atoms with Crippen LogP contribution in [0.4, 0.5) is 5.69 Å². The lowest BCUT2D eigenvalue weighted by molar-refractivity contribution is -0.158. The Bertz CT molecular complexity index is 978. The summed E-state index contributed by atoms with van der Waals surface area (Å²) in [5, 5.41) is 0. The first-order valence-corrected chi connectivity index (χ1v) is 8.91. The van der Waals surface area contributed by atoms with E-state index in [0.29, 0.717) is 0 Å². The summed E-state index contributed by atoms with van der Waals surface area (Å²) in [5.74, 6) is -0.947. The molecule has 1 unspecified atom stereocenters.